The first kappa shape index (κ1) is 25.2. The molecule has 0 radical (unpaired) electrons. The van der Waals surface area contributed by atoms with E-state index in [-0.39, 0.29) is 11.0 Å². The van der Waals surface area contributed by atoms with Crippen molar-refractivity contribution in [3.8, 4) is 5.75 Å². The third-order valence-electron chi connectivity index (χ3n) is 4.53. The first-order valence-corrected chi connectivity index (χ1v) is 11.2. The molecular formula is C21H35NO7S. The van der Waals surface area contributed by atoms with E-state index in [0.29, 0.717) is 18.0 Å². The Bertz CT molecular complexity index is 667. The lowest BCUT2D eigenvalue weighted by Gasteiger charge is -2.40. The van der Waals surface area contributed by atoms with Gasteiger partial charge in [-0.1, -0.05) is 13.0 Å². The fraction of sp³-hybridized carbons (Fsp3) is 0.714. The van der Waals surface area contributed by atoms with Crippen LogP contribution in [0.15, 0.2) is 18.2 Å². The lowest BCUT2D eigenvalue weighted by molar-refractivity contribution is -0.277. The van der Waals surface area contributed by atoms with Crippen molar-refractivity contribution in [2.24, 2.45) is 0 Å². The highest BCUT2D eigenvalue weighted by atomic mass is 32.2. The van der Waals surface area contributed by atoms with E-state index >= 15 is 0 Å². The van der Waals surface area contributed by atoms with Crippen molar-refractivity contribution in [2.75, 3.05) is 17.7 Å². The first-order chi connectivity index (χ1) is 14.1. The molecule has 8 nitrogen and oxygen atoms in total. The second kappa shape index (κ2) is 11.0. The van der Waals surface area contributed by atoms with E-state index in [4.69, 9.17) is 14.2 Å². The molecule has 1 aromatic rings. The molecule has 0 aromatic heterocycles. The van der Waals surface area contributed by atoms with Crippen LogP contribution in [0.3, 0.4) is 0 Å². The number of hydrogen-bond acceptors (Lipinski definition) is 9. The van der Waals surface area contributed by atoms with Crippen LogP contribution in [0, 0.1) is 0 Å². The van der Waals surface area contributed by atoms with Crippen LogP contribution in [0.1, 0.15) is 40.2 Å². The maximum Gasteiger partial charge on any atom is 0.229 e. The maximum atomic E-state index is 10.3. The normalized spacial score (nSPS) is 28.2. The molecule has 1 aliphatic rings. The fourth-order valence-corrected chi connectivity index (χ4v) is 3.69. The van der Waals surface area contributed by atoms with Crippen LogP contribution in [-0.4, -0.2) is 74.5 Å². The zero-order valence-electron chi connectivity index (χ0n) is 18.2. The van der Waals surface area contributed by atoms with Crippen LogP contribution in [0.5, 0.6) is 5.75 Å². The minimum absolute atomic E-state index is 0.0825. The Morgan fingerprint density at radius 1 is 1.17 bits per heavy atom. The zero-order chi connectivity index (χ0) is 22.5. The monoisotopic (exact) mass is 445 g/mol. The number of nitrogens with one attached hydrogen (secondary N) is 1. The van der Waals surface area contributed by atoms with E-state index in [2.05, 4.69) is 12.2 Å². The second-order valence-corrected chi connectivity index (χ2v) is 9.93. The average molecular weight is 446 g/mol. The Morgan fingerprint density at radius 3 is 2.47 bits per heavy atom. The van der Waals surface area contributed by atoms with Crippen LogP contribution >= 0.6 is 11.8 Å². The van der Waals surface area contributed by atoms with Crippen LogP contribution in [-0.2, 0) is 16.1 Å². The number of ether oxygens (including phenoxy) is 3. The topological polar surface area (TPSA) is 121 Å². The lowest BCUT2D eigenvalue weighted by Crippen LogP contribution is -2.60. The van der Waals surface area contributed by atoms with E-state index in [9.17, 15) is 20.4 Å². The van der Waals surface area contributed by atoms with Gasteiger partial charge in [0.05, 0.1) is 18.9 Å². The molecule has 0 saturated carbocycles. The van der Waals surface area contributed by atoms with Crippen molar-refractivity contribution in [2.45, 2.75) is 82.9 Å². The van der Waals surface area contributed by atoms with Crippen molar-refractivity contribution in [3.63, 3.8) is 0 Å². The molecular weight excluding hydrogens is 410 g/mol. The minimum Gasteiger partial charge on any atom is -0.460 e. The van der Waals surface area contributed by atoms with Crippen LogP contribution in [0.4, 0.5) is 5.69 Å². The second-order valence-electron chi connectivity index (χ2n) is 8.35. The number of rotatable bonds is 9. The highest BCUT2D eigenvalue weighted by molar-refractivity contribution is 7.99. The molecule has 30 heavy (non-hydrogen) atoms. The van der Waals surface area contributed by atoms with Crippen molar-refractivity contribution in [1.29, 1.82) is 0 Å². The molecule has 2 rings (SSSR count). The average Bonchev–Trinajstić information content (AvgIpc) is 2.67. The van der Waals surface area contributed by atoms with Gasteiger partial charge < -0.3 is 40.0 Å². The third-order valence-corrected chi connectivity index (χ3v) is 5.47. The zero-order valence-corrected chi connectivity index (χ0v) is 19.1. The summed E-state index contributed by atoms with van der Waals surface area (Å²) < 4.78 is 17.2. The van der Waals surface area contributed by atoms with Crippen LogP contribution in [0.25, 0.3) is 0 Å². The third kappa shape index (κ3) is 6.98. The van der Waals surface area contributed by atoms with Gasteiger partial charge >= 0.3 is 0 Å². The van der Waals surface area contributed by atoms with E-state index in [1.54, 1.807) is 17.8 Å². The Labute approximate surface area is 182 Å². The van der Waals surface area contributed by atoms with Crippen molar-refractivity contribution in [3.05, 3.63) is 23.8 Å². The lowest BCUT2D eigenvalue weighted by atomic mass is 9.99. The van der Waals surface area contributed by atoms with Gasteiger partial charge in [0, 0.05) is 5.54 Å². The van der Waals surface area contributed by atoms with E-state index in [1.807, 2.05) is 39.8 Å². The number of aliphatic hydroxyl groups is 4. The highest BCUT2D eigenvalue weighted by Gasteiger charge is 2.44. The van der Waals surface area contributed by atoms with E-state index in [0.717, 1.165) is 11.3 Å². The van der Waals surface area contributed by atoms with E-state index in [1.165, 1.54) is 0 Å². The number of anilines is 1. The molecule has 172 valence electrons. The molecule has 1 heterocycles. The summed E-state index contributed by atoms with van der Waals surface area (Å²) in [7, 11) is 0. The summed E-state index contributed by atoms with van der Waals surface area (Å²) in [4.78, 5) is 0. The molecule has 9 heteroatoms. The molecule has 0 aliphatic carbocycles. The van der Waals surface area contributed by atoms with Gasteiger partial charge in [-0.25, -0.2) is 0 Å². The van der Waals surface area contributed by atoms with Gasteiger partial charge in [-0.3, -0.25) is 0 Å². The maximum absolute atomic E-state index is 10.3. The summed E-state index contributed by atoms with van der Waals surface area (Å²) in [5, 5.41) is 43.0. The number of aliphatic hydroxyl groups excluding tert-OH is 4. The summed E-state index contributed by atoms with van der Waals surface area (Å²) in [5.74, 6) is 1.39. The summed E-state index contributed by atoms with van der Waals surface area (Å²) in [5.41, 5.74) is 1.44. The fourth-order valence-electron chi connectivity index (χ4n) is 3.06. The van der Waals surface area contributed by atoms with Gasteiger partial charge in [-0.2, -0.15) is 0 Å². The van der Waals surface area contributed by atoms with Crippen molar-refractivity contribution < 1.29 is 34.6 Å². The smallest absolute Gasteiger partial charge is 0.229 e. The molecule has 0 spiro atoms. The quantitative estimate of drug-likeness (QED) is 0.362. The SMILES string of the molecule is CCSC(C)OCc1ccc(OC2OC(CO)C(O)C(O)C2O)c(NC(C)(C)C)c1. The van der Waals surface area contributed by atoms with Gasteiger partial charge in [0.1, 0.15) is 35.6 Å². The standard InChI is InChI=1S/C21H35NO7S/c1-6-30-12(2)27-11-13-7-8-15(14(9-13)22-21(3,4)5)28-20-19(26)18(25)17(24)16(10-23)29-20/h7-9,12,16-20,22-26H,6,10-11H2,1-5H3. The summed E-state index contributed by atoms with van der Waals surface area (Å²) in [6.45, 7) is 10.0. The predicted molar refractivity (Wildman–Crippen MR) is 117 cm³/mol. The molecule has 1 aromatic carbocycles. The summed E-state index contributed by atoms with van der Waals surface area (Å²) in [6, 6.07) is 5.51. The van der Waals surface area contributed by atoms with Gasteiger partial charge in [-0.05, 0) is 51.1 Å². The Morgan fingerprint density at radius 2 is 1.87 bits per heavy atom. The molecule has 5 N–H and O–H groups in total. The Hall–Kier alpha value is -1.07. The molecule has 1 fully saturated rings. The van der Waals surface area contributed by atoms with Gasteiger partial charge in [-0.15, -0.1) is 11.8 Å². The van der Waals surface area contributed by atoms with E-state index < -0.39 is 37.3 Å². The van der Waals surface area contributed by atoms with Gasteiger partial charge in [0.25, 0.3) is 0 Å². The Kier molecular flexibility index (Phi) is 9.23. The van der Waals surface area contributed by atoms with Crippen LogP contribution in [0.2, 0.25) is 0 Å². The molecule has 6 atom stereocenters. The molecule has 0 bridgehead atoms. The van der Waals surface area contributed by atoms with Crippen molar-refractivity contribution >= 4 is 17.4 Å². The van der Waals surface area contributed by atoms with Crippen LogP contribution < -0.4 is 10.1 Å². The number of hydrogen-bond donors (Lipinski definition) is 5. The summed E-state index contributed by atoms with van der Waals surface area (Å²) >= 11 is 1.72. The highest BCUT2D eigenvalue weighted by Crippen LogP contribution is 2.32. The summed E-state index contributed by atoms with van der Waals surface area (Å²) in [6.07, 6.45) is -6.67. The molecule has 1 saturated heterocycles. The van der Waals surface area contributed by atoms with Crippen molar-refractivity contribution in [1.82, 2.24) is 0 Å². The largest absolute Gasteiger partial charge is 0.460 e. The van der Waals surface area contributed by atoms with Gasteiger partial charge in [0.2, 0.25) is 6.29 Å². The molecule has 0 amide bonds. The predicted octanol–water partition coefficient (Wildman–Crippen LogP) is 1.69. The van der Waals surface area contributed by atoms with Gasteiger partial charge in [0.15, 0.2) is 0 Å². The minimum atomic E-state index is -1.50. The number of thioether (sulfide) groups is 1. The Balaban J connectivity index is 2.21. The number of benzene rings is 1. The molecule has 1 aliphatic heterocycles. The molecule has 6 unspecified atom stereocenters. The first-order valence-electron chi connectivity index (χ1n) is 10.2.